The molecule has 2 nitrogen and oxygen atoms in total. The number of rotatable bonds is 2. The predicted molar refractivity (Wildman–Crippen MR) is 40.6 cm³/mol. The topological polar surface area (TPSA) is 6.48 Å². The molecule has 0 rings (SSSR count). The largest absolute Gasteiger partial charge is 0.493 e. The Morgan fingerprint density at radius 2 is 0.762 bits per heavy atom. The minimum Gasteiger partial charge on any atom is -0.170 e. The normalized spacial score (nSPS) is 13.7. The van der Waals surface area contributed by atoms with Gasteiger partial charge in [0.15, 0.2) is 5.82 Å². The molecule has 14 heteroatoms. The highest BCUT2D eigenvalue weighted by Crippen LogP contribution is 2.44. The van der Waals surface area contributed by atoms with Crippen LogP contribution in [0.4, 0.5) is 52.7 Å². The first kappa shape index (κ1) is 19.3. The van der Waals surface area contributed by atoms with Gasteiger partial charge >= 0.3 is 25.2 Å². The van der Waals surface area contributed by atoms with Crippen LogP contribution in [0.5, 0.6) is 0 Å². The predicted octanol–water partition coefficient (Wildman–Crippen LogP) is 4.30. The molecule has 0 saturated heterocycles. The molecule has 0 atom stereocenters. The minimum absolute atomic E-state index is 0.367. The lowest BCUT2D eigenvalue weighted by molar-refractivity contribution is -0.405. The van der Waals surface area contributed by atoms with Crippen molar-refractivity contribution in [3.63, 3.8) is 0 Å². The lowest BCUT2D eigenvalue weighted by atomic mass is 10.5. The molecule has 0 aromatic heterocycles. The zero-order valence-corrected chi connectivity index (χ0v) is 9.14. The van der Waals surface area contributed by atoms with Crippen LogP contribution in [0.2, 0.25) is 0 Å². The second kappa shape index (κ2) is 5.24. The number of nitrogens with zero attached hydrogens (tertiary/aromatic N) is 2. The molecule has 0 heterocycles. The van der Waals surface area contributed by atoms with Crippen LogP contribution >= 0.6 is 0 Å². The number of hydrogen-bond donors (Lipinski definition) is 0. The summed E-state index contributed by atoms with van der Waals surface area (Å²) in [6.45, 7) is 2.01. The molecule has 0 fully saturated rings. The maximum absolute atomic E-state index is 12.1. The summed E-state index contributed by atoms with van der Waals surface area (Å²) in [4.78, 5) is -6.01. The molecule has 0 aliphatic heterocycles. The maximum atomic E-state index is 12.1. The van der Waals surface area contributed by atoms with E-state index in [4.69, 9.17) is 0 Å². The van der Waals surface area contributed by atoms with Crippen LogP contribution in [-0.4, -0.2) is 35.0 Å². The lowest BCUT2D eigenvalue weighted by Crippen LogP contribution is -2.57. The molecule has 0 amide bonds. The van der Waals surface area contributed by atoms with E-state index >= 15 is 0 Å². The number of hydrogen-bond acceptors (Lipinski definition) is 2. The maximum Gasteiger partial charge on any atom is 0.493 e. The molecule has 0 N–H and O–H groups in total. The van der Waals surface area contributed by atoms with Crippen molar-refractivity contribution in [3.8, 4) is 0 Å². The summed E-state index contributed by atoms with van der Waals surface area (Å²) >= 11 is 0. The quantitative estimate of drug-likeness (QED) is 0.420. The first-order chi connectivity index (χ1) is 8.94. The van der Waals surface area contributed by atoms with Gasteiger partial charge in [0.25, 0.3) is 0 Å². The smallest absolute Gasteiger partial charge is 0.170 e. The molecule has 0 spiro atoms. The average molecular weight is 342 g/mol. The fourth-order valence-corrected chi connectivity index (χ4v) is 1.03. The molecule has 0 unspecified atom stereocenters. The fourth-order valence-electron chi connectivity index (χ4n) is 1.03. The van der Waals surface area contributed by atoms with E-state index < -0.39 is 40.8 Å². The van der Waals surface area contributed by atoms with E-state index in [2.05, 4.69) is 0 Å². The van der Waals surface area contributed by atoms with E-state index in [1.807, 2.05) is 6.58 Å². The van der Waals surface area contributed by atoms with Gasteiger partial charge in [-0.15, -0.1) is 52.7 Å². The lowest BCUT2D eigenvalue weighted by Gasteiger charge is -2.36. The van der Waals surface area contributed by atoms with Gasteiger partial charge in [-0.1, -0.05) is 12.3 Å². The Labute approximate surface area is 107 Å². The Balaban J connectivity index is 6.26. The van der Waals surface area contributed by atoms with E-state index in [-0.39, 0.29) is 0 Å². The fraction of sp³-hybridized carbons (Fsp3) is 0.571. The summed E-state index contributed by atoms with van der Waals surface area (Å²) in [5, 5.41) is 0. The van der Waals surface area contributed by atoms with Crippen molar-refractivity contribution in [1.29, 1.82) is 0 Å². The van der Waals surface area contributed by atoms with Crippen LogP contribution in [0.1, 0.15) is 0 Å². The highest BCUT2D eigenvalue weighted by molar-refractivity contribution is 5.02. The third-order valence-electron chi connectivity index (χ3n) is 1.60. The first-order valence-electron chi connectivity index (χ1n) is 4.21. The summed E-state index contributed by atoms with van der Waals surface area (Å²) in [7, 11) is 0. The third-order valence-corrected chi connectivity index (χ3v) is 1.60. The number of halogens is 12. The molecule has 0 saturated carbocycles. The zero-order valence-electron chi connectivity index (χ0n) is 9.14. The van der Waals surface area contributed by atoms with E-state index in [9.17, 15) is 52.7 Å². The summed E-state index contributed by atoms with van der Waals surface area (Å²) in [5.41, 5.74) is 0.367. The molecule has 124 valence electrons. The first-order valence-corrected chi connectivity index (χ1v) is 4.21. The van der Waals surface area contributed by atoms with Crippen LogP contribution < -0.4 is 0 Å². The molecule has 0 aliphatic carbocycles. The minimum atomic E-state index is -6.63. The summed E-state index contributed by atoms with van der Waals surface area (Å²) in [5.74, 6) is -3.42. The second-order valence-corrected chi connectivity index (χ2v) is 3.04. The molecular formula is C7H2F12N2. The van der Waals surface area contributed by atoms with E-state index in [1.165, 1.54) is 0 Å². The van der Waals surface area contributed by atoms with Crippen molar-refractivity contribution in [1.82, 2.24) is 9.80 Å². The van der Waals surface area contributed by atoms with Crippen LogP contribution in [-0.2, 0) is 0 Å². The highest BCUT2D eigenvalue weighted by atomic mass is 19.4. The third kappa shape index (κ3) is 4.65. The molecule has 0 bridgehead atoms. The standard InChI is InChI=1S/C7H2F12N2/c1-2-3(20(4(8,9)10)5(11,12)13)21(6(14,15)16)7(17,18)19/h1H2. The Morgan fingerprint density at radius 1 is 0.571 bits per heavy atom. The summed E-state index contributed by atoms with van der Waals surface area (Å²) in [6, 6.07) is 0. The van der Waals surface area contributed by atoms with Crippen molar-refractivity contribution in [3.05, 3.63) is 18.1 Å². The highest BCUT2D eigenvalue weighted by Gasteiger charge is 2.64. The van der Waals surface area contributed by atoms with Gasteiger partial charge in [0.1, 0.15) is 0 Å². The Hall–Kier alpha value is -1.72. The van der Waals surface area contributed by atoms with Crippen molar-refractivity contribution < 1.29 is 52.7 Å². The summed E-state index contributed by atoms with van der Waals surface area (Å²) < 4.78 is 146. The van der Waals surface area contributed by atoms with E-state index in [0.29, 0.717) is 5.73 Å². The monoisotopic (exact) mass is 342 g/mol. The van der Waals surface area contributed by atoms with Gasteiger partial charge in [0.2, 0.25) is 0 Å². The zero-order chi connectivity index (χ0) is 17.4. The van der Waals surface area contributed by atoms with Crippen LogP contribution in [0.25, 0.3) is 0 Å². The number of alkyl halides is 12. The molecular weight excluding hydrogens is 340 g/mol. The second-order valence-electron chi connectivity index (χ2n) is 3.04. The molecule has 21 heavy (non-hydrogen) atoms. The van der Waals surface area contributed by atoms with E-state index in [1.54, 1.807) is 0 Å². The van der Waals surface area contributed by atoms with Gasteiger partial charge in [-0.05, 0) is 0 Å². The van der Waals surface area contributed by atoms with Crippen molar-refractivity contribution in [2.24, 2.45) is 0 Å². The van der Waals surface area contributed by atoms with Gasteiger partial charge in [0.05, 0.1) is 0 Å². The van der Waals surface area contributed by atoms with Crippen LogP contribution in [0, 0.1) is 0 Å². The Bertz CT molecular complexity index is 355. The SMILES string of the molecule is C=C=C(N(C(F)(F)F)C(F)(F)F)N(C(F)(F)F)C(F)(F)F. The summed E-state index contributed by atoms with van der Waals surface area (Å²) in [6.07, 6.45) is -26.5. The van der Waals surface area contributed by atoms with Gasteiger partial charge < -0.3 is 0 Å². The van der Waals surface area contributed by atoms with Gasteiger partial charge in [-0.2, -0.15) is 9.80 Å². The van der Waals surface area contributed by atoms with Crippen LogP contribution in [0.15, 0.2) is 18.1 Å². The molecule has 0 aliphatic rings. The van der Waals surface area contributed by atoms with Gasteiger partial charge in [-0.3, -0.25) is 0 Å². The molecule has 0 radical (unpaired) electrons. The Morgan fingerprint density at radius 3 is 0.857 bits per heavy atom. The average Bonchev–Trinajstić information content (AvgIpc) is 2.06. The Kier molecular flexibility index (Phi) is 4.81. The van der Waals surface area contributed by atoms with Gasteiger partial charge in [-0.25, -0.2) is 0 Å². The molecule has 0 aromatic carbocycles. The van der Waals surface area contributed by atoms with Gasteiger partial charge in [0, 0.05) is 0 Å². The van der Waals surface area contributed by atoms with Crippen molar-refractivity contribution in [2.45, 2.75) is 25.2 Å². The van der Waals surface area contributed by atoms with Crippen molar-refractivity contribution >= 4 is 0 Å². The molecule has 0 aromatic rings. The van der Waals surface area contributed by atoms with Crippen molar-refractivity contribution in [2.75, 3.05) is 0 Å². The van der Waals surface area contributed by atoms with E-state index in [0.717, 1.165) is 0 Å². The van der Waals surface area contributed by atoms with Crippen LogP contribution in [0.3, 0.4) is 0 Å².